The largest absolute Gasteiger partial charge is 0.422 e. The van der Waals surface area contributed by atoms with Crippen molar-refractivity contribution in [3.63, 3.8) is 0 Å². The number of hydrogen-bond donors (Lipinski definition) is 2. The molecule has 0 amide bonds. The average Bonchev–Trinajstić information content (AvgIpc) is 3.48. The minimum atomic E-state index is -0.450. The molecule has 0 radical (unpaired) electrons. The van der Waals surface area contributed by atoms with Crippen molar-refractivity contribution in [2.24, 2.45) is 5.10 Å². The van der Waals surface area contributed by atoms with Gasteiger partial charge in [0.25, 0.3) is 0 Å². The Labute approximate surface area is 206 Å². The van der Waals surface area contributed by atoms with E-state index in [1.807, 2.05) is 12.1 Å². The fraction of sp³-hybridized carbons (Fsp3) is 0. The van der Waals surface area contributed by atoms with Crippen LogP contribution in [0, 0.1) is 0 Å². The number of anilines is 1. The molecule has 5 aromatic rings. The van der Waals surface area contributed by atoms with Gasteiger partial charge in [-0.2, -0.15) is 10.2 Å². The van der Waals surface area contributed by atoms with E-state index >= 15 is 0 Å². The smallest absolute Gasteiger partial charge is 0.345 e. The third kappa shape index (κ3) is 4.24. The Morgan fingerprint density at radius 2 is 2.09 bits per heavy atom. The van der Waals surface area contributed by atoms with Crippen LogP contribution in [-0.2, 0) is 0 Å². The Bertz CT molecular complexity index is 1540. The molecule has 0 bridgehead atoms. The number of thiazole rings is 1. The molecule has 160 valence electrons. The van der Waals surface area contributed by atoms with Gasteiger partial charge >= 0.3 is 5.63 Å². The molecule has 12 heteroatoms. The number of aromatic nitrogens is 3. The van der Waals surface area contributed by atoms with E-state index in [-0.39, 0.29) is 0 Å². The van der Waals surface area contributed by atoms with E-state index in [0.29, 0.717) is 36.3 Å². The molecule has 0 saturated heterocycles. The zero-order chi connectivity index (χ0) is 22.2. The van der Waals surface area contributed by atoms with Crippen molar-refractivity contribution in [3.05, 3.63) is 71.0 Å². The summed E-state index contributed by atoms with van der Waals surface area (Å²) in [7, 11) is 0. The Balaban J connectivity index is 1.37. The van der Waals surface area contributed by atoms with Gasteiger partial charge in [-0.05, 0) is 30.3 Å². The van der Waals surface area contributed by atoms with Gasteiger partial charge in [0, 0.05) is 26.4 Å². The normalized spacial score (nSPS) is 11.6. The summed E-state index contributed by atoms with van der Waals surface area (Å²) in [5.74, 6) is 0. The van der Waals surface area contributed by atoms with Crippen LogP contribution < -0.4 is 11.1 Å². The summed E-state index contributed by atoms with van der Waals surface area (Å²) in [5.41, 5.74) is 6.03. The van der Waals surface area contributed by atoms with Crippen LogP contribution in [0.15, 0.2) is 60.7 Å². The molecule has 7 nitrogen and oxygen atoms in total. The van der Waals surface area contributed by atoms with E-state index < -0.39 is 5.63 Å². The summed E-state index contributed by atoms with van der Waals surface area (Å²) in [5, 5.41) is 14.3. The van der Waals surface area contributed by atoms with Crippen molar-refractivity contribution in [1.82, 2.24) is 15.2 Å². The number of hydrazone groups is 1. The molecule has 0 saturated carbocycles. The van der Waals surface area contributed by atoms with Crippen LogP contribution in [0.4, 0.5) is 5.13 Å². The van der Waals surface area contributed by atoms with Crippen LogP contribution in [0.3, 0.4) is 0 Å². The zero-order valence-electron chi connectivity index (χ0n) is 15.7. The standard InChI is InChI=1S/C20H10BrCl2N5O2S2/c21-11-1-2-15-9(3-11)4-12(19(29)30-15)14-8-31-20(26-14)28-25-7-10-6-24-27-17(10)13-5-16(22)32-18(13)23/h1-8H,(H,24,27)(H,26,28)/b25-7+. The van der Waals surface area contributed by atoms with Gasteiger partial charge in [0.2, 0.25) is 5.13 Å². The van der Waals surface area contributed by atoms with Crippen molar-refractivity contribution in [2.75, 3.05) is 5.43 Å². The number of benzene rings is 1. The predicted molar refractivity (Wildman–Crippen MR) is 134 cm³/mol. The van der Waals surface area contributed by atoms with Gasteiger partial charge in [0.05, 0.1) is 33.7 Å². The third-order valence-electron chi connectivity index (χ3n) is 4.43. The van der Waals surface area contributed by atoms with Crippen LogP contribution in [0.2, 0.25) is 8.67 Å². The minimum absolute atomic E-state index is 0.380. The molecule has 0 unspecified atom stereocenters. The van der Waals surface area contributed by atoms with Crippen molar-refractivity contribution >= 4 is 84.1 Å². The first-order valence-electron chi connectivity index (χ1n) is 8.95. The molecule has 4 heterocycles. The first kappa shape index (κ1) is 21.4. The van der Waals surface area contributed by atoms with E-state index in [1.54, 1.807) is 36.0 Å². The zero-order valence-corrected chi connectivity index (χ0v) is 20.5. The van der Waals surface area contributed by atoms with Crippen LogP contribution in [0.1, 0.15) is 5.56 Å². The van der Waals surface area contributed by atoms with Crippen LogP contribution >= 0.6 is 61.8 Å². The summed E-state index contributed by atoms with van der Waals surface area (Å²) in [4.78, 5) is 16.9. The lowest BCUT2D eigenvalue weighted by atomic mass is 10.1. The number of halogens is 3. The predicted octanol–water partition coefficient (Wildman–Crippen LogP) is 6.88. The van der Waals surface area contributed by atoms with Gasteiger partial charge in [-0.3, -0.25) is 10.5 Å². The van der Waals surface area contributed by atoms with Gasteiger partial charge in [-0.25, -0.2) is 9.78 Å². The summed E-state index contributed by atoms with van der Waals surface area (Å²) >= 11 is 18.3. The highest BCUT2D eigenvalue weighted by molar-refractivity contribution is 9.10. The number of rotatable bonds is 5. The van der Waals surface area contributed by atoms with Gasteiger partial charge in [-0.1, -0.05) is 39.1 Å². The highest BCUT2D eigenvalue weighted by atomic mass is 79.9. The number of nitrogens with zero attached hydrogens (tertiary/aromatic N) is 3. The minimum Gasteiger partial charge on any atom is -0.422 e. The maximum absolute atomic E-state index is 12.4. The lowest BCUT2D eigenvalue weighted by Crippen LogP contribution is -2.03. The van der Waals surface area contributed by atoms with Crippen molar-refractivity contribution in [3.8, 4) is 22.5 Å². The Morgan fingerprint density at radius 1 is 1.22 bits per heavy atom. The SMILES string of the molecule is O=c1oc2ccc(Br)cc2cc1-c1csc(N/N=C/c2cn[nH]c2-c2cc(Cl)sc2Cl)n1. The fourth-order valence-electron chi connectivity index (χ4n) is 3.00. The van der Waals surface area contributed by atoms with E-state index in [1.165, 1.54) is 22.7 Å². The molecule has 0 atom stereocenters. The first-order chi connectivity index (χ1) is 15.5. The molecule has 0 aliphatic rings. The van der Waals surface area contributed by atoms with E-state index in [0.717, 1.165) is 21.0 Å². The summed E-state index contributed by atoms with van der Waals surface area (Å²) < 4.78 is 7.46. The highest BCUT2D eigenvalue weighted by Crippen LogP contribution is 2.38. The van der Waals surface area contributed by atoms with E-state index in [9.17, 15) is 4.79 Å². The van der Waals surface area contributed by atoms with E-state index in [2.05, 4.69) is 41.6 Å². The quantitative estimate of drug-likeness (QED) is 0.137. The number of fused-ring (bicyclic) bond motifs is 1. The van der Waals surface area contributed by atoms with Crippen LogP contribution in [-0.4, -0.2) is 21.4 Å². The lowest BCUT2D eigenvalue weighted by molar-refractivity contribution is 0.563. The van der Waals surface area contributed by atoms with Crippen LogP contribution in [0.5, 0.6) is 0 Å². The monoisotopic (exact) mass is 565 g/mol. The lowest BCUT2D eigenvalue weighted by Gasteiger charge is -2.00. The number of thiophene rings is 1. The number of nitrogens with one attached hydrogen (secondary N) is 2. The topological polar surface area (TPSA) is 96.2 Å². The second kappa shape index (κ2) is 8.80. The molecule has 0 aliphatic carbocycles. The first-order valence-corrected chi connectivity index (χ1v) is 12.2. The molecule has 0 aliphatic heterocycles. The van der Waals surface area contributed by atoms with Crippen molar-refractivity contribution < 1.29 is 4.42 Å². The van der Waals surface area contributed by atoms with Crippen molar-refractivity contribution in [2.45, 2.75) is 0 Å². The van der Waals surface area contributed by atoms with Crippen LogP contribution in [0.25, 0.3) is 33.5 Å². The maximum atomic E-state index is 12.4. The highest BCUT2D eigenvalue weighted by Gasteiger charge is 2.14. The third-order valence-corrected chi connectivity index (χ3v) is 7.16. The summed E-state index contributed by atoms with van der Waals surface area (Å²) in [6.45, 7) is 0. The number of hydrogen-bond acceptors (Lipinski definition) is 8. The molecule has 4 aromatic heterocycles. The molecule has 1 aromatic carbocycles. The van der Waals surface area contributed by atoms with Gasteiger partial charge in [0.15, 0.2) is 0 Å². The Morgan fingerprint density at radius 3 is 2.91 bits per heavy atom. The molecular weight excluding hydrogens is 557 g/mol. The molecule has 0 fully saturated rings. The average molecular weight is 567 g/mol. The molecule has 0 spiro atoms. The van der Waals surface area contributed by atoms with Gasteiger partial charge in [-0.15, -0.1) is 22.7 Å². The molecule has 32 heavy (non-hydrogen) atoms. The Kier molecular flexibility index (Phi) is 5.87. The van der Waals surface area contributed by atoms with Gasteiger partial charge in [0.1, 0.15) is 9.92 Å². The number of aromatic amines is 1. The fourth-order valence-corrected chi connectivity index (χ4v) is 5.51. The second-order valence-electron chi connectivity index (χ2n) is 6.48. The second-order valence-corrected chi connectivity index (χ2v) is 10.5. The summed E-state index contributed by atoms with van der Waals surface area (Å²) in [6, 6.07) is 8.98. The molecule has 5 rings (SSSR count). The number of H-pyrrole nitrogens is 1. The van der Waals surface area contributed by atoms with Gasteiger partial charge < -0.3 is 4.42 Å². The Hall–Kier alpha value is -2.50. The van der Waals surface area contributed by atoms with Crippen molar-refractivity contribution in [1.29, 1.82) is 0 Å². The molecular formula is C20H10BrCl2N5O2S2. The van der Waals surface area contributed by atoms with E-state index in [4.69, 9.17) is 27.6 Å². The molecule has 2 N–H and O–H groups in total. The summed E-state index contributed by atoms with van der Waals surface area (Å²) in [6.07, 6.45) is 3.23. The maximum Gasteiger partial charge on any atom is 0.345 e.